The summed E-state index contributed by atoms with van der Waals surface area (Å²) in [7, 11) is 0. The Kier molecular flexibility index (Phi) is 2.90. The van der Waals surface area contributed by atoms with E-state index in [1.54, 1.807) is 0 Å². The van der Waals surface area contributed by atoms with Crippen molar-refractivity contribution in [2.75, 3.05) is 5.32 Å². The van der Waals surface area contributed by atoms with Crippen LogP contribution in [0.1, 0.15) is 19.3 Å². The van der Waals surface area contributed by atoms with Gasteiger partial charge in [0.15, 0.2) is 0 Å². The van der Waals surface area contributed by atoms with Crippen LogP contribution in [0.5, 0.6) is 0 Å². The SMILES string of the molecule is N#CC1CCCC1Nc1cccc2ccccc12. The third-order valence-corrected chi connectivity index (χ3v) is 3.81. The summed E-state index contributed by atoms with van der Waals surface area (Å²) >= 11 is 0. The predicted molar refractivity (Wildman–Crippen MR) is 74.3 cm³/mol. The molecule has 2 atom stereocenters. The van der Waals surface area contributed by atoms with Gasteiger partial charge in [-0.15, -0.1) is 0 Å². The molecule has 1 saturated carbocycles. The zero-order valence-corrected chi connectivity index (χ0v) is 10.3. The summed E-state index contributed by atoms with van der Waals surface area (Å²) in [6.45, 7) is 0. The molecule has 0 aliphatic heterocycles. The Labute approximate surface area is 107 Å². The maximum absolute atomic E-state index is 9.14. The molecule has 1 aliphatic rings. The number of rotatable bonds is 2. The Morgan fingerprint density at radius 2 is 1.89 bits per heavy atom. The minimum atomic E-state index is 0.156. The monoisotopic (exact) mass is 236 g/mol. The lowest BCUT2D eigenvalue weighted by molar-refractivity contribution is 0.630. The van der Waals surface area contributed by atoms with Crippen molar-refractivity contribution in [3.8, 4) is 6.07 Å². The molecule has 0 heterocycles. The maximum atomic E-state index is 9.14. The lowest BCUT2D eigenvalue weighted by Gasteiger charge is -2.18. The average molecular weight is 236 g/mol. The first-order valence-electron chi connectivity index (χ1n) is 6.52. The highest BCUT2D eigenvalue weighted by Crippen LogP contribution is 2.30. The van der Waals surface area contributed by atoms with E-state index in [0.29, 0.717) is 6.04 Å². The summed E-state index contributed by atoms with van der Waals surface area (Å²) in [4.78, 5) is 0. The number of nitriles is 1. The zero-order valence-electron chi connectivity index (χ0n) is 10.3. The summed E-state index contributed by atoms with van der Waals surface area (Å²) in [5, 5.41) is 15.2. The first kappa shape index (κ1) is 11.1. The highest BCUT2D eigenvalue weighted by Gasteiger charge is 2.27. The van der Waals surface area contributed by atoms with Gasteiger partial charge in [-0.05, 0) is 30.7 Å². The molecule has 3 rings (SSSR count). The molecule has 90 valence electrons. The van der Waals surface area contributed by atoms with Gasteiger partial charge in [-0.3, -0.25) is 0 Å². The van der Waals surface area contributed by atoms with E-state index < -0.39 is 0 Å². The Morgan fingerprint density at radius 3 is 2.78 bits per heavy atom. The van der Waals surface area contributed by atoms with Crippen molar-refractivity contribution < 1.29 is 0 Å². The topological polar surface area (TPSA) is 35.8 Å². The molecule has 1 aliphatic carbocycles. The molecule has 0 radical (unpaired) electrons. The highest BCUT2D eigenvalue weighted by molar-refractivity contribution is 5.93. The summed E-state index contributed by atoms with van der Waals surface area (Å²) in [6, 6.07) is 17.4. The lowest BCUT2D eigenvalue weighted by Crippen LogP contribution is -2.22. The molecule has 0 bridgehead atoms. The van der Waals surface area contributed by atoms with Crippen molar-refractivity contribution in [3.63, 3.8) is 0 Å². The predicted octanol–water partition coefficient (Wildman–Crippen LogP) is 3.94. The third kappa shape index (κ3) is 1.93. The second-order valence-corrected chi connectivity index (χ2v) is 4.94. The van der Waals surface area contributed by atoms with Gasteiger partial charge in [-0.1, -0.05) is 36.4 Å². The van der Waals surface area contributed by atoms with E-state index in [1.165, 1.54) is 10.8 Å². The van der Waals surface area contributed by atoms with Crippen molar-refractivity contribution >= 4 is 16.5 Å². The van der Waals surface area contributed by atoms with Gasteiger partial charge in [0.1, 0.15) is 0 Å². The molecule has 0 saturated heterocycles. The number of nitrogens with zero attached hydrogens (tertiary/aromatic N) is 1. The molecule has 2 aromatic rings. The largest absolute Gasteiger partial charge is 0.380 e. The highest BCUT2D eigenvalue weighted by atomic mass is 14.9. The minimum Gasteiger partial charge on any atom is -0.380 e. The van der Waals surface area contributed by atoms with Crippen molar-refractivity contribution in [3.05, 3.63) is 42.5 Å². The molecule has 0 spiro atoms. The van der Waals surface area contributed by atoms with E-state index in [-0.39, 0.29) is 5.92 Å². The van der Waals surface area contributed by atoms with Crippen LogP contribution in [0.3, 0.4) is 0 Å². The van der Waals surface area contributed by atoms with Crippen LogP contribution in [0.15, 0.2) is 42.5 Å². The lowest BCUT2D eigenvalue weighted by atomic mass is 10.0. The van der Waals surface area contributed by atoms with Crippen molar-refractivity contribution in [2.45, 2.75) is 25.3 Å². The molecule has 1 fully saturated rings. The first-order valence-corrected chi connectivity index (χ1v) is 6.52. The van der Waals surface area contributed by atoms with Gasteiger partial charge >= 0.3 is 0 Å². The van der Waals surface area contributed by atoms with E-state index >= 15 is 0 Å². The smallest absolute Gasteiger partial charge is 0.0677 e. The Balaban J connectivity index is 1.93. The van der Waals surface area contributed by atoms with Crippen LogP contribution in [0.4, 0.5) is 5.69 Å². The van der Waals surface area contributed by atoms with Gasteiger partial charge in [-0.25, -0.2) is 0 Å². The molecular weight excluding hydrogens is 220 g/mol. The maximum Gasteiger partial charge on any atom is 0.0677 e. The zero-order chi connectivity index (χ0) is 12.4. The summed E-state index contributed by atoms with van der Waals surface area (Å²) in [5.41, 5.74) is 1.15. The number of fused-ring (bicyclic) bond motifs is 1. The van der Waals surface area contributed by atoms with Crippen LogP contribution in [-0.2, 0) is 0 Å². The Hall–Kier alpha value is -2.01. The summed E-state index contributed by atoms with van der Waals surface area (Å²) < 4.78 is 0. The summed E-state index contributed by atoms with van der Waals surface area (Å²) in [5.74, 6) is 0.156. The van der Waals surface area contributed by atoms with Gasteiger partial charge in [0, 0.05) is 17.1 Å². The standard InChI is InChI=1S/C16H16N2/c17-11-13-7-4-9-15(13)18-16-10-3-6-12-5-1-2-8-14(12)16/h1-3,5-6,8,10,13,15,18H,4,7,9H2. The fourth-order valence-corrected chi connectivity index (χ4v) is 2.84. The molecular formula is C16H16N2. The van der Waals surface area contributed by atoms with Gasteiger partial charge in [0.2, 0.25) is 0 Å². The second-order valence-electron chi connectivity index (χ2n) is 4.94. The second kappa shape index (κ2) is 4.70. The number of hydrogen-bond acceptors (Lipinski definition) is 2. The molecule has 2 heteroatoms. The van der Waals surface area contributed by atoms with E-state index in [2.05, 4.69) is 53.9 Å². The van der Waals surface area contributed by atoms with E-state index in [1.807, 2.05) is 0 Å². The van der Waals surface area contributed by atoms with Crippen LogP contribution in [0.2, 0.25) is 0 Å². The number of benzene rings is 2. The van der Waals surface area contributed by atoms with Gasteiger partial charge < -0.3 is 5.32 Å². The fourth-order valence-electron chi connectivity index (χ4n) is 2.84. The third-order valence-electron chi connectivity index (χ3n) is 3.81. The molecule has 2 aromatic carbocycles. The molecule has 0 aromatic heterocycles. The number of nitrogens with one attached hydrogen (secondary N) is 1. The van der Waals surface area contributed by atoms with Crippen LogP contribution in [0.25, 0.3) is 10.8 Å². The summed E-state index contributed by atoms with van der Waals surface area (Å²) in [6.07, 6.45) is 3.28. The average Bonchev–Trinajstić information content (AvgIpc) is 2.86. The fraction of sp³-hybridized carbons (Fsp3) is 0.312. The number of hydrogen-bond donors (Lipinski definition) is 1. The van der Waals surface area contributed by atoms with E-state index in [9.17, 15) is 0 Å². The van der Waals surface area contributed by atoms with E-state index in [4.69, 9.17) is 5.26 Å². The number of anilines is 1. The van der Waals surface area contributed by atoms with Crippen LogP contribution in [-0.4, -0.2) is 6.04 Å². The van der Waals surface area contributed by atoms with Gasteiger partial charge in [0.25, 0.3) is 0 Å². The van der Waals surface area contributed by atoms with Crippen molar-refractivity contribution in [1.82, 2.24) is 0 Å². The van der Waals surface area contributed by atoms with Gasteiger partial charge in [0.05, 0.1) is 12.0 Å². The van der Waals surface area contributed by atoms with E-state index in [0.717, 1.165) is 24.9 Å². The first-order chi connectivity index (χ1) is 8.88. The van der Waals surface area contributed by atoms with Gasteiger partial charge in [-0.2, -0.15) is 5.26 Å². The molecule has 1 N–H and O–H groups in total. The van der Waals surface area contributed by atoms with Crippen LogP contribution >= 0.6 is 0 Å². The Bertz CT molecular complexity index is 592. The molecule has 18 heavy (non-hydrogen) atoms. The Morgan fingerprint density at radius 1 is 1.06 bits per heavy atom. The molecule has 2 nitrogen and oxygen atoms in total. The minimum absolute atomic E-state index is 0.156. The van der Waals surface area contributed by atoms with Crippen molar-refractivity contribution in [2.24, 2.45) is 5.92 Å². The van der Waals surface area contributed by atoms with Crippen molar-refractivity contribution in [1.29, 1.82) is 5.26 Å². The van der Waals surface area contributed by atoms with Crippen LogP contribution in [0, 0.1) is 17.2 Å². The van der Waals surface area contributed by atoms with Crippen LogP contribution < -0.4 is 5.32 Å². The molecule has 2 unspecified atom stereocenters. The quantitative estimate of drug-likeness (QED) is 0.857. The normalized spacial score (nSPS) is 22.8. The molecule has 0 amide bonds.